The van der Waals surface area contributed by atoms with Crippen molar-refractivity contribution in [3.63, 3.8) is 0 Å². The molecule has 0 spiro atoms. The molecule has 0 aromatic heterocycles. The molecule has 1 aromatic rings. The van der Waals surface area contributed by atoms with Crippen LogP contribution in [0.25, 0.3) is 6.08 Å². The molecule has 1 aromatic carbocycles. The van der Waals surface area contributed by atoms with Gasteiger partial charge in [-0.25, -0.2) is 0 Å². The van der Waals surface area contributed by atoms with Gasteiger partial charge in [-0.15, -0.1) is 0 Å². The Hall–Kier alpha value is -1.12. The summed E-state index contributed by atoms with van der Waals surface area (Å²) in [6.07, 6.45) is 12.6. The third kappa shape index (κ3) is 3.31. The van der Waals surface area contributed by atoms with Crippen LogP contribution in [0.15, 0.2) is 36.4 Å². The van der Waals surface area contributed by atoms with Gasteiger partial charge < -0.3 is 9.80 Å². The lowest BCUT2D eigenvalue weighted by atomic mass is 9.54. The summed E-state index contributed by atoms with van der Waals surface area (Å²) in [7, 11) is 0. The van der Waals surface area contributed by atoms with Gasteiger partial charge >= 0.3 is 0 Å². The molecule has 25 heavy (non-hydrogen) atoms. The molecule has 134 valence electrons. The topological polar surface area (TPSA) is 8.88 Å². The van der Waals surface area contributed by atoms with Crippen molar-refractivity contribution in [2.75, 3.05) is 32.7 Å². The molecule has 1 saturated heterocycles. The first-order valence-corrected chi connectivity index (χ1v) is 10.7. The molecule has 1 heterocycles. The molecule has 4 aliphatic carbocycles. The van der Waals surface area contributed by atoms with E-state index in [0.717, 1.165) is 29.7 Å². The third-order valence-corrected chi connectivity index (χ3v) is 7.81. The Kier molecular flexibility index (Phi) is 4.43. The second-order valence-electron chi connectivity index (χ2n) is 9.38. The molecular weight excluding hydrogens is 304 g/mol. The molecule has 5 aliphatic rings. The van der Waals surface area contributed by atoms with Gasteiger partial charge in [0.2, 0.25) is 0 Å². The van der Waals surface area contributed by atoms with Crippen molar-refractivity contribution in [3.8, 4) is 0 Å². The van der Waals surface area contributed by atoms with Gasteiger partial charge in [0.15, 0.2) is 0 Å². The minimum Gasteiger partial charge on any atom is -0.323 e. The smallest absolute Gasteiger partial charge is 0.127 e. The second-order valence-corrected chi connectivity index (χ2v) is 9.38. The van der Waals surface area contributed by atoms with E-state index in [-0.39, 0.29) is 0 Å². The Morgan fingerprint density at radius 2 is 1.44 bits per heavy atom. The molecule has 0 amide bonds. The molecule has 2 nitrogen and oxygen atoms in total. The van der Waals surface area contributed by atoms with Gasteiger partial charge in [0, 0.05) is 11.8 Å². The molecule has 1 aliphatic heterocycles. The van der Waals surface area contributed by atoms with Crippen LogP contribution in [0.1, 0.15) is 37.7 Å². The first kappa shape index (κ1) is 16.1. The highest BCUT2D eigenvalue weighted by Gasteiger charge is 2.52. The zero-order valence-corrected chi connectivity index (χ0v) is 15.5. The highest BCUT2D eigenvalue weighted by atomic mass is 15.3. The summed E-state index contributed by atoms with van der Waals surface area (Å²) in [5, 5.41) is 0. The fourth-order valence-corrected chi connectivity index (χ4v) is 6.98. The zero-order valence-electron chi connectivity index (χ0n) is 15.5. The van der Waals surface area contributed by atoms with Crippen LogP contribution < -0.4 is 9.80 Å². The summed E-state index contributed by atoms with van der Waals surface area (Å²) in [5.74, 6) is 4.41. The molecule has 6 rings (SSSR count). The average molecular weight is 339 g/mol. The van der Waals surface area contributed by atoms with Crippen LogP contribution in [-0.2, 0) is 0 Å². The van der Waals surface area contributed by atoms with Crippen molar-refractivity contribution >= 4 is 6.08 Å². The van der Waals surface area contributed by atoms with Gasteiger partial charge in [0.1, 0.15) is 26.2 Å². The predicted octanol–water partition coefficient (Wildman–Crippen LogP) is 1.31. The minimum absolute atomic E-state index is 1.04. The van der Waals surface area contributed by atoms with Crippen LogP contribution in [0.5, 0.6) is 0 Å². The maximum atomic E-state index is 2.39. The van der Waals surface area contributed by atoms with Gasteiger partial charge in [-0.3, -0.25) is 0 Å². The Morgan fingerprint density at radius 1 is 0.800 bits per heavy atom. The zero-order chi connectivity index (χ0) is 16.6. The fourth-order valence-electron chi connectivity index (χ4n) is 6.98. The summed E-state index contributed by atoms with van der Waals surface area (Å²) in [5.41, 5.74) is 1.33. The molecule has 0 unspecified atom stereocenters. The quantitative estimate of drug-likeness (QED) is 0.819. The Bertz CT molecular complexity index is 572. The van der Waals surface area contributed by atoms with E-state index in [9.17, 15) is 0 Å². The molecule has 4 bridgehead atoms. The van der Waals surface area contributed by atoms with E-state index in [2.05, 4.69) is 42.5 Å². The maximum absolute atomic E-state index is 2.39. The van der Waals surface area contributed by atoms with E-state index in [1.54, 1.807) is 37.0 Å². The Morgan fingerprint density at radius 3 is 2.08 bits per heavy atom. The second kappa shape index (κ2) is 6.89. The van der Waals surface area contributed by atoms with E-state index in [1.165, 1.54) is 38.3 Å². The van der Waals surface area contributed by atoms with Crippen molar-refractivity contribution in [2.24, 2.45) is 23.7 Å². The van der Waals surface area contributed by atoms with Crippen molar-refractivity contribution in [1.29, 1.82) is 0 Å². The molecule has 5 fully saturated rings. The molecule has 0 radical (unpaired) electrons. The van der Waals surface area contributed by atoms with E-state index in [1.807, 2.05) is 4.90 Å². The molecule has 0 atom stereocenters. The Balaban J connectivity index is 1.14. The average Bonchev–Trinajstić information content (AvgIpc) is 2.63. The van der Waals surface area contributed by atoms with E-state index < -0.39 is 0 Å². The van der Waals surface area contributed by atoms with Crippen molar-refractivity contribution in [2.45, 2.75) is 38.1 Å². The van der Waals surface area contributed by atoms with E-state index >= 15 is 0 Å². The van der Waals surface area contributed by atoms with Crippen LogP contribution in [0, 0.1) is 23.7 Å². The van der Waals surface area contributed by atoms with Gasteiger partial charge in [-0.1, -0.05) is 36.4 Å². The van der Waals surface area contributed by atoms with Crippen LogP contribution in [0.4, 0.5) is 0 Å². The summed E-state index contributed by atoms with van der Waals surface area (Å²) in [4.78, 5) is 3.78. The monoisotopic (exact) mass is 338 g/mol. The molecule has 2 N–H and O–H groups in total. The number of quaternary nitrogens is 2. The van der Waals surface area contributed by atoms with Gasteiger partial charge in [0.05, 0.1) is 12.6 Å². The van der Waals surface area contributed by atoms with Gasteiger partial charge in [-0.2, -0.15) is 0 Å². The number of piperazine rings is 1. The first-order valence-electron chi connectivity index (χ1n) is 10.7. The van der Waals surface area contributed by atoms with Crippen LogP contribution in [0.3, 0.4) is 0 Å². The summed E-state index contributed by atoms with van der Waals surface area (Å²) >= 11 is 0. The standard InChI is InChI=1S/C23H32N2/c1-2-5-18(6-3-1)7-4-8-24-9-11-25(12-10-24)23-21-14-19-13-20(16-21)17-22(23)15-19/h1-7,19-23H,8-17H2/p+2/b7-4+. The number of hydrogen-bond donors (Lipinski definition) is 2. The largest absolute Gasteiger partial charge is 0.323 e. The summed E-state index contributed by atoms with van der Waals surface area (Å²) < 4.78 is 0. The van der Waals surface area contributed by atoms with Gasteiger partial charge in [0.25, 0.3) is 0 Å². The van der Waals surface area contributed by atoms with Crippen LogP contribution in [-0.4, -0.2) is 38.8 Å². The number of rotatable bonds is 4. The minimum atomic E-state index is 1.04. The van der Waals surface area contributed by atoms with E-state index in [0.29, 0.717) is 0 Å². The normalized spacial score (nSPS) is 43.0. The molecular formula is C23H34N2+2. The third-order valence-electron chi connectivity index (χ3n) is 7.81. The summed E-state index contributed by atoms with van der Waals surface area (Å²) in [6.45, 7) is 6.78. The lowest BCUT2D eigenvalue weighted by Crippen LogP contribution is -3.30. The SMILES string of the molecule is C(=C\c1ccccc1)/C[NH+]1CC[NH+](C2C3CC4CC(C3)CC2C4)CC1. The van der Waals surface area contributed by atoms with Crippen molar-refractivity contribution in [1.82, 2.24) is 0 Å². The highest BCUT2D eigenvalue weighted by molar-refractivity contribution is 5.48. The molecule has 2 heteroatoms. The van der Waals surface area contributed by atoms with E-state index in [4.69, 9.17) is 0 Å². The predicted molar refractivity (Wildman–Crippen MR) is 103 cm³/mol. The number of benzene rings is 1. The Labute approximate surface area is 152 Å². The highest BCUT2D eigenvalue weighted by Crippen LogP contribution is 2.52. The fraction of sp³-hybridized carbons (Fsp3) is 0.652. The van der Waals surface area contributed by atoms with Crippen molar-refractivity contribution < 1.29 is 9.80 Å². The lowest BCUT2D eigenvalue weighted by molar-refractivity contribution is -1.03. The van der Waals surface area contributed by atoms with Gasteiger partial charge in [-0.05, 0) is 55.6 Å². The number of nitrogens with one attached hydrogen (secondary N) is 2. The molecule has 4 saturated carbocycles. The van der Waals surface area contributed by atoms with Crippen LogP contribution in [0.2, 0.25) is 0 Å². The summed E-state index contributed by atoms with van der Waals surface area (Å²) in [6, 6.07) is 11.8. The maximum Gasteiger partial charge on any atom is 0.127 e. The van der Waals surface area contributed by atoms with Crippen molar-refractivity contribution in [3.05, 3.63) is 42.0 Å². The lowest BCUT2D eigenvalue weighted by Gasteiger charge is -2.55. The first-order chi connectivity index (χ1) is 12.3. The van der Waals surface area contributed by atoms with Crippen LogP contribution >= 0.6 is 0 Å². The number of hydrogen-bond acceptors (Lipinski definition) is 0.